The zero-order valence-corrected chi connectivity index (χ0v) is 22.8. The van der Waals surface area contributed by atoms with Crippen LogP contribution in [-0.4, -0.2) is 30.9 Å². The van der Waals surface area contributed by atoms with Gasteiger partial charge in [-0.15, -0.1) is 0 Å². The molecule has 7 nitrogen and oxygen atoms in total. The molecule has 1 saturated heterocycles. The lowest BCUT2D eigenvalue weighted by Gasteiger charge is -2.18. The Hall–Kier alpha value is -3.55. The second-order valence-corrected chi connectivity index (χ2v) is 10.3. The van der Waals surface area contributed by atoms with Gasteiger partial charge in [0.2, 0.25) is 5.91 Å². The molecule has 1 aliphatic heterocycles. The SMILES string of the molecule is Cc1ccc(C(C)C)c(Oc2ccc(N3C[C@H](C(=O)OCC(=O)Nc4cc(Cl)ccc4Cl)CC3=O)cc2)c1. The molecule has 0 radical (unpaired) electrons. The fraction of sp³-hybridized carbons (Fsp3) is 0.276. The number of ether oxygens (including phenoxy) is 2. The number of carbonyl (C=O) groups is 3. The van der Waals surface area contributed by atoms with E-state index in [1.807, 2.05) is 13.0 Å². The van der Waals surface area contributed by atoms with Crippen molar-refractivity contribution in [2.75, 3.05) is 23.4 Å². The summed E-state index contributed by atoms with van der Waals surface area (Å²) in [7, 11) is 0. The molecule has 0 aromatic heterocycles. The number of carbonyl (C=O) groups excluding carboxylic acids is 3. The van der Waals surface area contributed by atoms with Crippen LogP contribution >= 0.6 is 23.2 Å². The molecular weight excluding hydrogens is 527 g/mol. The minimum absolute atomic E-state index is 0.000133. The number of nitrogens with zero attached hydrogens (tertiary/aromatic N) is 1. The van der Waals surface area contributed by atoms with E-state index in [9.17, 15) is 14.4 Å². The molecule has 0 unspecified atom stereocenters. The highest BCUT2D eigenvalue weighted by Crippen LogP contribution is 2.33. The Labute approximate surface area is 231 Å². The minimum Gasteiger partial charge on any atom is -0.457 e. The molecule has 1 N–H and O–H groups in total. The molecule has 4 rings (SSSR count). The smallest absolute Gasteiger partial charge is 0.311 e. The van der Waals surface area contributed by atoms with Crippen molar-refractivity contribution >= 4 is 52.4 Å². The molecule has 2 amide bonds. The van der Waals surface area contributed by atoms with Crippen molar-refractivity contribution in [3.05, 3.63) is 81.8 Å². The number of benzene rings is 3. The highest BCUT2D eigenvalue weighted by atomic mass is 35.5. The monoisotopic (exact) mass is 554 g/mol. The van der Waals surface area contributed by atoms with Gasteiger partial charge in [-0.1, -0.05) is 49.2 Å². The molecule has 198 valence electrons. The Morgan fingerprint density at radius 3 is 2.50 bits per heavy atom. The van der Waals surface area contributed by atoms with E-state index in [-0.39, 0.29) is 18.9 Å². The fourth-order valence-corrected chi connectivity index (χ4v) is 4.51. The maximum absolute atomic E-state index is 12.7. The third-order valence-electron chi connectivity index (χ3n) is 6.17. The molecule has 1 heterocycles. The Balaban J connectivity index is 1.33. The number of amides is 2. The van der Waals surface area contributed by atoms with E-state index in [1.165, 1.54) is 11.0 Å². The van der Waals surface area contributed by atoms with Crippen LogP contribution in [0.4, 0.5) is 11.4 Å². The molecule has 1 fully saturated rings. The molecule has 3 aromatic rings. The molecule has 3 aromatic carbocycles. The van der Waals surface area contributed by atoms with Crippen LogP contribution in [0.25, 0.3) is 0 Å². The summed E-state index contributed by atoms with van der Waals surface area (Å²) in [6.45, 7) is 5.90. The van der Waals surface area contributed by atoms with Crippen molar-refractivity contribution < 1.29 is 23.9 Å². The summed E-state index contributed by atoms with van der Waals surface area (Å²) < 4.78 is 11.3. The Bertz CT molecular complexity index is 1360. The first-order valence-corrected chi connectivity index (χ1v) is 13.0. The van der Waals surface area contributed by atoms with Crippen LogP contribution in [0.2, 0.25) is 10.0 Å². The number of esters is 1. The molecule has 1 aliphatic rings. The number of hydrogen-bond acceptors (Lipinski definition) is 5. The van der Waals surface area contributed by atoms with E-state index in [2.05, 4.69) is 31.3 Å². The maximum Gasteiger partial charge on any atom is 0.311 e. The van der Waals surface area contributed by atoms with Crippen LogP contribution in [0.5, 0.6) is 11.5 Å². The minimum atomic E-state index is -0.679. The van der Waals surface area contributed by atoms with Crippen molar-refractivity contribution in [1.29, 1.82) is 0 Å². The predicted octanol–water partition coefficient (Wildman–Crippen LogP) is 6.75. The number of rotatable bonds is 8. The van der Waals surface area contributed by atoms with Crippen molar-refractivity contribution in [3.63, 3.8) is 0 Å². The van der Waals surface area contributed by atoms with Crippen molar-refractivity contribution in [2.24, 2.45) is 5.92 Å². The Morgan fingerprint density at radius 2 is 1.79 bits per heavy atom. The van der Waals surface area contributed by atoms with Gasteiger partial charge in [-0.3, -0.25) is 14.4 Å². The summed E-state index contributed by atoms with van der Waals surface area (Å²) in [6, 6.07) is 17.9. The lowest BCUT2D eigenvalue weighted by molar-refractivity contribution is -0.151. The molecule has 0 aliphatic carbocycles. The van der Waals surface area contributed by atoms with Gasteiger partial charge < -0.3 is 19.7 Å². The lowest BCUT2D eigenvalue weighted by atomic mass is 10.0. The number of anilines is 2. The molecule has 0 bridgehead atoms. The normalized spacial score (nSPS) is 15.1. The molecule has 38 heavy (non-hydrogen) atoms. The standard InChI is InChI=1S/C29H28Cl2N2O5/c1-17(2)23-10-4-18(3)12-26(23)38-22-8-6-21(7-9-22)33-15-19(13-28(33)35)29(36)37-16-27(34)32-25-14-20(30)5-11-24(25)31/h4-12,14,17,19H,13,15-16H2,1-3H3,(H,32,34)/t19-/m1/s1. The zero-order chi connectivity index (χ0) is 27.4. The van der Waals surface area contributed by atoms with E-state index in [1.54, 1.807) is 36.4 Å². The summed E-state index contributed by atoms with van der Waals surface area (Å²) in [4.78, 5) is 39.0. The molecule has 0 spiro atoms. The van der Waals surface area contributed by atoms with E-state index in [0.29, 0.717) is 33.1 Å². The van der Waals surface area contributed by atoms with Gasteiger partial charge in [0.25, 0.3) is 5.91 Å². The summed E-state index contributed by atoms with van der Waals surface area (Å²) in [6.07, 6.45) is -0.000133. The summed E-state index contributed by atoms with van der Waals surface area (Å²) in [5.41, 5.74) is 3.18. The number of halogens is 2. The van der Waals surface area contributed by atoms with Gasteiger partial charge in [0, 0.05) is 23.7 Å². The molecular formula is C29H28Cl2N2O5. The van der Waals surface area contributed by atoms with Gasteiger partial charge in [0.15, 0.2) is 6.61 Å². The van der Waals surface area contributed by atoms with Crippen LogP contribution in [0.15, 0.2) is 60.7 Å². The van der Waals surface area contributed by atoms with Gasteiger partial charge >= 0.3 is 5.97 Å². The van der Waals surface area contributed by atoms with Gasteiger partial charge in [0.1, 0.15) is 11.5 Å². The quantitative estimate of drug-likeness (QED) is 0.311. The van der Waals surface area contributed by atoms with Crippen LogP contribution in [0, 0.1) is 12.8 Å². The lowest BCUT2D eigenvalue weighted by Crippen LogP contribution is -2.28. The molecule has 9 heteroatoms. The second kappa shape index (κ2) is 11.9. The summed E-state index contributed by atoms with van der Waals surface area (Å²) in [5.74, 6) is -0.297. The first kappa shape index (κ1) is 27.5. The number of aryl methyl sites for hydroxylation is 1. The first-order valence-electron chi connectivity index (χ1n) is 12.2. The predicted molar refractivity (Wildman–Crippen MR) is 148 cm³/mol. The third kappa shape index (κ3) is 6.65. The second-order valence-electron chi connectivity index (χ2n) is 9.48. The largest absolute Gasteiger partial charge is 0.457 e. The van der Waals surface area contributed by atoms with Crippen LogP contribution in [0.3, 0.4) is 0 Å². The summed E-state index contributed by atoms with van der Waals surface area (Å²) in [5, 5.41) is 3.26. The summed E-state index contributed by atoms with van der Waals surface area (Å²) >= 11 is 12.0. The van der Waals surface area contributed by atoms with Crippen LogP contribution in [0.1, 0.15) is 37.3 Å². The van der Waals surface area contributed by atoms with Gasteiger partial charge in [-0.25, -0.2) is 0 Å². The van der Waals surface area contributed by atoms with Gasteiger partial charge in [0.05, 0.1) is 16.6 Å². The fourth-order valence-electron chi connectivity index (χ4n) is 4.18. The number of hydrogen-bond donors (Lipinski definition) is 1. The van der Waals surface area contributed by atoms with Crippen molar-refractivity contribution in [2.45, 2.75) is 33.1 Å². The first-order chi connectivity index (χ1) is 18.1. The topological polar surface area (TPSA) is 84.9 Å². The third-order valence-corrected chi connectivity index (χ3v) is 6.74. The van der Waals surface area contributed by atoms with E-state index in [4.69, 9.17) is 32.7 Å². The average molecular weight is 555 g/mol. The highest BCUT2D eigenvalue weighted by Gasteiger charge is 2.36. The highest BCUT2D eigenvalue weighted by molar-refractivity contribution is 6.35. The molecule has 1 atom stereocenters. The Morgan fingerprint density at radius 1 is 1.05 bits per heavy atom. The van der Waals surface area contributed by atoms with Gasteiger partial charge in [-0.2, -0.15) is 0 Å². The van der Waals surface area contributed by atoms with E-state index in [0.717, 1.165) is 16.9 Å². The average Bonchev–Trinajstić information content (AvgIpc) is 3.26. The van der Waals surface area contributed by atoms with E-state index >= 15 is 0 Å². The maximum atomic E-state index is 12.7. The van der Waals surface area contributed by atoms with Crippen molar-refractivity contribution in [3.8, 4) is 11.5 Å². The molecule has 0 saturated carbocycles. The van der Waals surface area contributed by atoms with Crippen LogP contribution < -0.4 is 15.0 Å². The van der Waals surface area contributed by atoms with Gasteiger partial charge in [-0.05, 0) is 72.5 Å². The van der Waals surface area contributed by atoms with Crippen LogP contribution in [-0.2, 0) is 19.1 Å². The zero-order valence-electron chi connectivity index (χ0n) is 21.3. The van der Waals surface area contributed by atoms with Crippen molar-refractivity contribution in [1.82, 2.24) is 0 Å². The van der Waals surface area contributed by atoms with E-state index < -0.39 is 24.4 Å². The number of nitrogens with one attached hydrogen (secondary N) is 1. The Kier molecular flexibility index (Phi) is 8.59.